The molecule has 0 bridgehead atoms. The molecule has 2 aromatic rings. The van der Waals surface area contributed by atoms with Crippen LogP contribution in [-0.4, -0.2) is 121 Å². The average molecular weight is 771 g/mol. The monoisotopic (exact) mass is 771 g/mol. The molecule has 2 unspecified atom stereocenters. The number of fused-ring (bicyclic) bond motifs is 1. The number of aliphatic hydroxyl groups excluding tert-OH is 3. The van der Waals surface area contributed by atoms with Crippen LogP contribution >= 0.6 is 23.5 Å². The van der Waals surface area contributed by atoms with Crippen molar-refractivity contribution in [2.45, 2.75) is 55.0 Å². The number of amides is 1. The first-order valence-electron chi connectivity index (χ1n) is 14.0. The highest BCUT2D eigenvalue weighted by Gasteiger charge is 2.58. The zero-order valence-corrected chi connectivity index (χ0v) is 28.0. The smallest absolute Gasteiger partial charge is 0.387 e. The second kappa shape index (κ2) is 14.2. The number of primary amides is 1. The van der Waals surface area contributed by atoms with Crippen molar-refractivity contribution < 1.29 is 80.7 Å². The molecule has 24 nitrogen and oxygen atoms in total. The quantitative estimate of drug-likeness (QED) is 0.0739. The normalized spacial score (nSPS) is 32.5. The van der Waals surface area contributed by atoms with Gasteiger partial charge in [-0.3, -0.25) is 22.9 Å². The molecule has 3 aliphatic rings. The second-order valence-corrected chi connectivity index (χ2v) is 15.2. The molecule has 10 atom stereocenters. The molecule has 0 aromatic carbocycles. The number of nitrogens with two attached hydrogens (primary N) is 2. The minimum absolute atomic E-state index is 0.0289. The van der Waals surface area contributed by atoms with Crippen molar-refractivity contribution in [1.82, 2.24) is 24.4 Å². The lowest BCUT2D eigenvalue weighted by atomic mass is 9.96. The van der Waals surface area contributed by atoms with E-state index in [-0.39, 0.29) is 29.0 Å². The van der Waals surface area contributed by atoms with Crippen molar-refractivity contribution in [2.24, 2.45) is 5.73 Å². The summed E-state index contributed by atoms with van der Waals surface area (Å²) in [6.07, 6.45) is -4.41. The van der Waals surface area contributed by atoms with E-state index in [4.69, 9.17) is 34.5 Å². The maximum Gasteiger partial charge on any atom is 0.481 e. The maximum atomic E-state index is 12.8. The summed E-state index contributed by atoms with van der Waals surface area (Å²) >= 11 is 0. The standard InChI is InChI=1S/C23H32N7O17P3/c1-2-23(17(33)16(46-48(35,36)37)22(45-23)30-10-28-13-18(24)26-9-27-20(13)30)8-43-50(40,41)47-49(38,39)42-7-12-14(31)15(32)21(44-12)29-5-3-4-11(6-29)19(25)34/h2-3,5-6,9-10,12,14-17,21-22,31-33H,1,4,7-8H2,(H2,25,34)(H,38,39)(H,40,41)(H2,24,26,27)(H2,35,36,37)/t12-,14-,15-,16-,17-,21-,22-,23-/m1/s1. The summed E-state index contributed by atoms with van der Waals surface area (Å²) in [5.41, 5.74) is 8.94. The number of hydrogen-bond donors (Lipinski definition) is 9. The van der Waals surface area contributed by atoms with Crippen molar-refractivity contribution in [2.75, 3.05) is 18.9 Å². The minimum Gasteiger partial charge on any atom is -0.387 e. The third-order valence-corrected chi connectivity index (χ3v) is 10.7. The van der Waals surface area contributed by atoms with Gasteiger partial charge in [-0.1, -0.05) is 12.2 Å². The lowest BCUT2D eigenvalue weighted by Gasteiger charge is -2.29. The molecule has 50 heavy (non-hydrogen) atoms. The highest BCUT2D eigenvalue weighted by molar-refractivity contribution is 7.61. The van der Waals surface area contributed by atoms with E-state index < -0.39 is 91.2 Å². The minimum atomic E-state index is -5.62. The molecule has 5 rings (SSSR count). The Morgan fingerprint density at radius 1 is 1.08 bits per heavy atom. The predicted molar refractivity (Wildman–Crippen MR) is 162 cm³/mol. The third kappa shape index (κ3) is 8.06. The highest BCUT2D eigenvalue weighted by Crippen LogP contribution is 2.61. The Balaban J connectivity index is 1.26. The van der Waals surface area contributed by atoms with Crippen LogP contribution in [0.3, 0.4) is 0 Å². The number of allylic oxidation sites excluding steroid dienone is 1. The van der Waals surface area contributed by atoms with Gasteiger partial charge in [0.25, 0.3) is 0 Å². The van der Waals surface area contributed by atoms with E-state index in [9.17, 15) is 53.4 Å². The topological polar surface area (TPSA) is 364 Å². The molecule has 2 fully saturated rings. The SMILES string of the molecule is C=C[C@]1(COP(=O)(O)OP(=O)(O)OC[C@H]2O[C@@H](N3C=CCC(C(N)=O)=C3)[C@H](O)[C@@H]2O)O[C@@H](n2cnc3c(N)ncnc32)[C@H](OP(=O)(O)O)[C@H]1O. The number of ether oxygens (including phenoxy) is 2. The summed E-state index contributed by atoms with van der Waals surface area (Å²) < 4.78 is 68.2. The van der Waals surface area contributed by atoms with Gasteiger partial charge >= 0.3 is 23.5 Å². The van der Waals surface area contributed by atoms with Gasteiger partial charge in [-0.15, -0.1) is 6.58 Å². The van der Waals surface area contributed by atoms with E-state index in [2.05, 4.69) is 25.8 Å². The van der Waals surface area contributed by atoms with Crippen LogP contribution in [0.4, 0.5) is 5.82 Å². The number of phosphoric acid groups is 3. The number of nitrogen functional groups attached to an aromatic ring is 1. The molecule has 276 valence electrons. The van der Waals surface area contributed by atoms with Gasteiger partial charge in [0.2, 0.25) is 5.91 Å². The number of carbonyl (C=O) groups excluding carboxylic acids is 1. The fraction of sp³-hybridized carbons (Fsp3) is 0.478. The van der Waals surface area contributed by atoms with Gasteiger partial charge in [-0.25, -0.2) is 28.6 Å². The lowest BCUT2D eigenvalue weighted by molar-refractivity contribution is -0.115. The van der Waals surface area contributed by atoms with Crippen molar-refractivity contribution in [3.63, 3.8) is 0 Å². The average Bonchev–Trinajstić information content (AvgIpc) is 3.67. The molecule has 2 aromatic heterocycles. The number of rotatable bonds is 14. The number of imidazole rings is 1. The largest absolute Gasteiger partial charge is 0.481 e. The van der Waals surface area contributed by atoms with Gasteiger partial charge in [0.1, 0.15) is 48.0 Å². The fourth-order valence-corrected chi connectivity index (χ4v) is 7.88. The predicted octanol–water partition coefficient (Wildman–Crippen LogP) is -2.01. The Morgan fingerprint density at radius 2 is 1.78 bits per heavy atom. The summed E-state index contributed by atoms with van der Waals surface area (Å²) in [5.74, 6) is -0.817. The fourth-order valence-electron chi connectivity index (χ4n) is 5.22. The van der Waals surface area contributed by atoms with Crippen LogP contribution in [0.2, 0.25) is 0 Å². The molecule has 0 aliphatic carbocycles. The van der Waals surface area contributed by atoms with Crippen LogP contribution in [0.25, 0.3) is 11.2 Å². The van der Waals surface area contributed by atoms with Crippen LogP contribution < -0.4 is 11.5 Å². The molecule has 11 N–H and O–H groups in total. The summed E-state index contributed by atoms with van der Waals surface area (Å²) in [4.78, 5) is 64.1. The molecule has 27 heteroatoms. The number of carbonyl (C=O) groups is 1. The number of hydrogen-bond acceptors (Lipinski definition) is 18. The van der Waals surface area contributed by atoms with Gasteiger partial charge in [-0.05, 0) is 6.42 Å². The lowest BCUT2D eigenvalue weighted by Crippen LogP contribution is -2.45. The molecule has 2 saturated heterocycles. The molecule has 0 radical (unpaired) electrons. The van der Waals surface area contributed by atoms with Gasteiger partial charge in [-0.2, -0.15) is 4.31 Å². The van der Waals surface area contributed by atoms with E-state index in [1.54, 1.807) is 0 Å². The zero-order valence-electron chi connectivity index (χ0n) is 25.3. The number of phosphoric ester groups is 3. The Hall–Kier alpha value is -2.99. The summed E-state index contributed by atoms with van der Waals surface area (Å²) in [6, 6.07) is 0. The Labute approximate surface area is 280 Å². The van der Waals surface area contributed by atoms with E-state index >= 15 is 0 Å². The first-order valence-corrected chi connectivity index (χ1v) is 18.6. The van der Waals surface area contributed by atoms with Gasteiger partial charge in [0, 0.05) is 18.0 Å². The number of aliphatic hydroxyl groups is 3. The maximum absolute atomic E-state index is 12.8. The van der Waals surface area contributed by atoms with Crippen LogP contribution in [0.1, 0.15) is 12.6 Å². The Morgan fingerprint density at radius 3 is 2.44 bits per heavy atom. The van der Waals surface area contributed by atoms with Crippen LogP contribution in [-0.2, 0) is 45.8 Å². The van der Waals surface area contributed by atoms with Gasteiger partial charge in [0.15, 0.2) is 23.9 Å². The molecular weight excluding hydrogens is 739 g/mol. The van der Waals surface area contributed by atoms with Gasteiger partial charge in [0.05, 0.1) is 19.5 Å². The van der Waals surface area contributed by atoms with Crippen molar-refractivity contribution in [3.05, 3.63) is 49.4 Å². The number of nitrogens with zero attached hydrogens (tertiary/aromatic N) is 5. The summed E-state index contributed by atoms with van der Waals surface area (Å²) in [7, 11) is -16.5. The Bertz CT molecular complexity index is 1840. The molecule has 1 amide bonds. The first-order chi connectivity index (χ1) is 23.3. The first kappa shape index (κ1) is 38.2. The Kier molecular flexibility index (Phi) is 10.9. The summed E-state index contributed by atoms with van der Waals surface area (Å²) in [6.45, 7) is 1.31. The number of anilines is 1. The van der Waals surface area contributed by atoms with Crippen molar-refractivity contribution in [1.29, 1.82) is 0 Å². The molecule has 0 spiro atoms. The van der Waals surface area contributed by atoms with Crippen LogP contribution in [0, 0.1) is 0 Å². The molecule has 5 heterocycles. The molecular formula is C23H32N7O17P3. The van der Waals surface area contributed by atoms with Crippen molar-refractivity contribution in [3.8, 4) is 0 Å². The van der Waals surface area contributed by atoms with E-state index in [0.717, 1.165) is 23.3 Å². The highest BCUT2D eigenvalue weighted by atomic mass is 31.3. The number of aromatic nitrogens is 4. The second-order valence-electron chi connectivity index (χ2n) is 10.9. The van der Waals surface area contributed by atoms with E-state index in [1.807, 2.05) is 0 Å². The summed E-state index contributed by atoms with van der Waals surface area (Å²) in [5, 5.41) is 32.0. The van der Waals surface area contributed by atoms with E-state index in [0.29, 0.717) is 0 Å². The third-order valence-electron chi connectivity index (χ3n) is 7.63. The van der Waals surface area contributed by atoms with Crippen LogP contribution in [0.5, 0.6) is 0 Å². The molecule has 3 aliphatic heterocycles. The van der Waals surface area contributed by atoms with Gasteiger partial charge < -0.3 is 60.7 Å². The van der Waals surface area contributed by atoms with E-state index in [1.165, 1.54) is 23.4 Å². The zero-order chi connectivity index (χ0) is 36.8. The van der Waals surface area contributed by atoms with Crippen LogP contribution in [0.15, 0.2) is 49.4 Å². The molecule has 0 saturated carbocycles. The van der Waals surface area contributed by atoms with Crippen molar-refractivity contribution >= 4 is 46.4 Å².